The van der Waals surface area contributed by atoms with E-state index in [9.17, 15) is 0 Å². The molecule has 0 aromatic rings. The van der Waals surface area contributed by atoms with Crippen molar-refractivity contribution < 1.29 is 0 Å². The molecule has 0 saturated carbocycles. The van der Waals surface area contributed by atoms with Crippen LogP contribution in [0.5, 0.6) is 0 Å². The second-order valence-corrected chi connectivity index (χ2v) is 4.45. The normalized spacial score (nSPS) is 26.5. The predicted octanol–water partition coefficient (Wildman–Crippen LogP) is 2.76. The minimum atomic E-state index is 0.879. The molecule has 1 aliphatic rings. The lowest BCUT2D eigenvalue weighted by Crippen LogP contribution is -2.37. The highest BCUT2D eigenvalue weighted by Gasteiger charge is 2.21. The van der Waals surface area contributed by atoms with Crippen LogP contribution in [0.15, 0.2) is 0 Å². The van der Waals surface area contributed by atoms with Crippen molar-refractivity contribution in [2.24, 2.45) is 11.8 Å². The maximum absolute atomic E-state index is 2.63. The molecule has 1 unspecified atom stereocenters. The minimum Gasteiger partial charge on any atom is -0.303 e. The number of piperidine rings is 1. The lowest BCUT2D eigenvalue weighted by molar-refractivity contribution is 0.146. The summed E-state index contributed by atoms with van der Waals surface area (Å²) in [5.41, 5.74) is 0. The molecule has 0 aliphatic carbocycles. The van der Waals surface area contributed by atoms with Crippen molar-refractivity contribution in [1.29, 1.82) is 0 Å². The van der Waals surface area contributed by atoms with Crippen LogP contribution in [-0.4, -0.2) is 24.5 Å². The first kappa shape index (κ1) is 10.0. The molecule has 1 aliphatic heterocycles. The van der Waals surface area contributed by atoms with Crippen molar-refractivity contribution in [1.82, 2.24) is 4.90 Å². The monoisotopic (exact) mass is 169 g/mol. The molecule has 1 saturated heterocycles. The van der Waals surface area contributed by atoms with Crippen LogP contribution in [0, 0.1) is 11.8 Å². The van der Waals surface area contributed by atoms with E-state index in [2.05, 4.69) is 25.7 Å². The third kappa shape index (κ3) is 2.78. The van der Waals surface area contributed by atoms with Gasteiger partial charge in [-0.15, -0.1) is 0 Å². The minimum absolute atomic E-state index is 0.879. The molecule has 0 radical (unpaired) electrons. The van der Waals surface area contributed by atoms with Crippen LogP contribution in [-0.2, 0) is 0 Å². The highest BCUT2D eigenvalue weighted by atomic mass is 15.1. The van der Waals surface area contributed by atoms with Gasteiger partial charge in [0.15, 0.2) is 0 Å². The smallest absolute Gasteiger partial charge is 0.00121 e. The molecule has 12 heavy (non-hydrogen) atoms. The molecular formula is C11H23N. The number of hydrogen-bond acceptors (Lipinski definition) is 1. The molecule has 72 valence electrons. The first-order chi connectivity index (χ1) is 5.74. The van der Waals surface area contributed by atoms with E-state index in [0.29, 0.717) is 0 Å². The van der Waals surface area contributed by atoms with Gasteiger partial charge in [0.1, 0.15) is 0 Å². The Kier molecular flexibility index (Phi) is 4.07. The standard InChI is InChI=1S/C11H23N/c1-4-7-12-8-5-6-11(9-12)10(2)3/h10-11H,4-9H2,1-3H3. The van der Waals surface area contributed by atoms with Gasteiger partial charge in [-0.25, -0.2) is 0 Å². The van der Waals surface area contributed by atoms with Crippen molar-refractivity contribution in [3.63, 3.8) is 0 Å². The molecule has 0 N–H and O–H groups in total. The van der Waals surface area contributed by atoms with E-state index < -0.39 is 0 Å². The van der Waals surface area contributed by atoms with Crippen molar-refractivity contribution in [3.8, 4) is 0 Å². The summed E-state index contributed by atoms with van der Waals surface area (Å²) in [5.74, 6) is 1.84. The van der Waals surface area contributed by atoms with E-state index in [0.717, 1.165) is 11.8 Å². The molecule has 1 nitrogen and oxygen atoms in total. The zero-order chi connectivity index (χ0) is 8.97. The zero-order valence-electron chi connectivity index (χ0n) is 8.84. The Morgan fingerprint density at radius 1 is 1.42 bits per heavy atom. The second-order valence-electron chi connectivity index (χ2n) is 4.45. The molecule has 0 aromatic carbocycles. The molecule has 0 bridgehead atoms. The van der Waals surface area contributed by atoms with Gasteiger partial charge < -0.3 is 4.90 Å². The molecule has 1 heterocycles. The Labute approximate surface area is 77.1 Å². The van der Waals surface area contributed by atoms with Gasteiger partial charge >= 0.3 is 0 Å². The third-order valence-corrected chi connectivity index (χ3v) is 3.02. The Bertz CT molecular complexity index is 118. The summed E-state index contributed by atoms with van der Waals surface area (Å²) < 4.78 is 0. The molecule has 1 rings (SSSR count). The quantitative estimate of drug-likeness (QED) is 0.628. The third-order valence-electron chi connectivity index (χ3n) is 3.02. The highest BCUT2D eigenvalue weighted by Crippen LogP contribution is 2.23. The van der Waals surface area contributed by atoms with E-state index in [1.165, 1.54) is 38.9 Å². The molecule has 0 spiro atoms. The number of hydrogen-bond donors (Lipinski definition) is 0. The van der Waals surface area contributed by atoms with E-state index in [1.807, 2.05) is 0 Å². The molecular weight excluding hydrogens is 146 g/mol. The first-order valence-corrected chi connectivity index (χ1v) is 5.46. The van der Waals surface area contributed by atoms with E-state index in [-0.39, 0.29) is 0 Å². The Morgan fingerprint density at radius 3 is 2.75 bits per heavy atom. The van der Waals surface area contributed by atoms with Gasteiger partial charge in [-0.05, 0) is 44.2 Å². The molecule has 1 fully saturated rings. The van der Waals surface area contributed by atoms with Gasteiger partial charge in [0.05, 0.1) is 0 Å². The summed E-state index contributed by atoms with van der Waals surface area (Å²) in [4.78, 5) is 2.63. The van der Waals surface area contributed by atoms with Gasteiger partial charge in [0.25, 0.3) is 0 Å². The summed E-state index contributed by atoms with van der Waals surface area (Å²) in [6.07, 6.45) is 4.19. The van der Waals surface area contributed by atoms with E-state index in [1.54, 1.807) is 0 Å². The van der Waals surface area contributed by atoms with Crippen LogP contribution >= 0.6 is 0 Å². The average Bonchev–Trinajstić information content (AvgIpc) is 2.05. The molecule has 1 heteroatoms. The van der Waals surface area contributed by atoms with Gasteiger partial charge in [-0.3, -0.25) is 0 Å². The fourth-order valence-electron chi connectivity index (χ4n) is 2.15. The molecule has 0 amide bonds. The summed E-state index contributed by atoms with van der Waals surface area (Å²) in [6.45, 7) is 11.0. The van der Waals surface area contributed by atoms with E-state index >= 15 is 0 Å². The van der Waals surface area contributed by atoms with Crippen molar-refractivity contribution in [2.45, 2.75) is 40.0 Å². The van der Waals surface area contributed by atoms with Crippen LogP contribution in [0.25, 0.3) is 0 Å². The first-order valence-electron chi connectivity index (χ1n) is 5.46. The van der Waals surface area contributed by atoms with Gasteiger partial charge in [0, 0.05) is 6.54 Å². The SMILES string of the molecule is CCCN1CCCC(C(C)C)C1. The lowest BCUT2D eigenvalue weighted by atomic mass is 9.88. The highest BCUT2D eigenvalue weighted by molar-refractivity contribution is 4.74. The van der Waals surface area contributed by atoms with Crippen LogP contribution in [0.3, 0.4) is 0 Å². The van der Waals surface area contributed by atoms with Gasteiger partial charge in [-0.2, -0.15) is 0 Å². The maximum atomic E-state index is 2.63. The molecule has 1 atom stereocenters. The topological polar surface area (TPSA) is 3.24 Å². The Morgan fingerprint density at radius 2 is 2.17 bits per heavy atom. The summed E-state index contributed by atoms with van der Waals surface area (Å²) in [6, 6.07) is 0. The fourth-order valence-corrected chi connectivity index (χ4v) is 2.15. The van der Waals surface area contributed by atoms with Crippen LogP contribution in [0.1, 0.15) is 40.0 Å². The number of nitrogens with zero attached hydrogens (tertiary/aromatic N) is 1. The number of likely N-dealkylation sites (tertiary alicyclic amines) is 1. The average molecular weight is 169 g/mol. The lowest BCUT2D eigenvalue weighted by Gasteiger charge is -2.34. The summed E-state index contributed by atoms with van der Waals surface area (Å²) >= 11 is 0. The van der Waals surface area contributed by atoms with Crippen LogP contribution in [0.4, 0.5) is 0 Å². The summed E-state index contributed by atoms with van der Waals surface area (Å²) in [5, 5.41) is 0. The van der Waals surface area contributed by atoms with Crippen molar-refractivity contribution in [2.75, 3.05) is 19.6 Å². The maximum Gasteiger partial charge on any atom is 0.00121 e. The fraction of sp³-hybridized carbons (Fsp3) is 1.00. The van der Waals surface area contributed by atoms with Gasteiger partial charge in [0.2, 0.25) is 0 Å². The van der Waals surface area contributed by atoms with Crippen molar-refractivity contribution >= 4 is 0 Å². The second kappa shape index (κ2) is 4.86. The van der Waals surface area contributed by atoms with Crippen molar-refractivity contribution in [3.05, 3.63) is 0 Å². The Balaban J connectivity index is 2.30. The van der Waals surface area contributed by atoms with Crippen LogP contribution in [0.2, 0.25) is 0 Å². The van der Waals surface area contributed by atoms with Gasteiger partial charge in [-0.1, -0.05) is 20.8 Å². The largest absolute Gasteiger partial charge is 0.303 e. The molecule has 0 aromatic heterocycles. The van der Waals surface area contributed by atoms with Crippen LogP contribution < -0.4 is 0 Å². The summed E-state index contributed by atoms with van der Waals surface area (Å²) in [7, 11) is 0. The predicted molar refractivity (Wildman–Crippen MR) is 54.3 cm³/mol. The Hall–Kier alpha value is -0.0400. The zero-order valence-corrected chi connectivity index (χ0v) is 8.84. The number of rotatable bonds is 3. The van der Waals surface area contributed by atoms with E-state index in [4.69, 9.17) is 0 Å².